The Balaban J connectivity index is 1.30. The highest BCUT2D eigenvalue weighted by atomic mass is 19.1. The number of fused-ring (bicyclic) bond motifs is 7. The summed E-state index contributed by atoms with van der Waals surface area (Å²) in [6.07, 6.45) is 2.33. The lowest BCUT2D eigenvalue weighted by Gasteiger charge is -2.13. The molecule has 0 amide bonds. The van der Waals surface area contributed by atoms with E-state index in [-0.39, 0.29) is 0 Å². The molecule has 0 aliphatic heterocycles. The van der Waals surface area contributed by atoms with Gasteiger partial charge in [-0.15, -0.1) is 0 Å². The van der Waals surface area contributed by atoms with Crippen LogP contribution in [-0.2, 0) is 0 Å². The van der Waals surface area contributed by atoms with Crippen LogP contribution in [0.5, 0.6) is 0 Å². The first-order valence-corrected chi connectivity index (χ1v) is 13.2. The maximum absolute atomic E-state index is 16.1. The molecule has 0 N–H and O–H groups in total. The number of rotatable bonds is 4. The molecule has 0 spiro atoms. The number of nitrogens with zero attached hydrogens (tertiary/aromatic N) is 3. The Morgan fingerprint density at radius 2 is 1.45 bits per heavy atom. The van der Waals surface area contributed by atoms with Crippen molar-refractivity contribution >= 4 is 43.9 Å². The van der Waals surface area contributed by atoms with Crippen molar-refractivity contribution in [3.8, 4) is 16.9 Å². The molecule has 0 bridgehead atoms. The molecule has 40 heavy (non-hydrogen) atoms. The third kappa shape index (κ3) is 3.45. The number of para-hydroxylation sites is 2. The van der Waals surface area contributed by atoms with E-state index in [2.05, 4.69) is 27.8 Å². The molecular weight excluding hydrogens is 497 g/mol. The Bertz CT molecular complexity index is 2200. The molecule has 4 heterocycles. The van der Waals surface area contributed by atoms with E-state index in [9.17, 15) is 0 Å². The van der Waals surface area contributed by atoms with Gasteiger partial charge >= 0.3 is 0 Å². The van der Waals surface area contributed by atoms with Crippen molar-refractivity contribution in [2.45, 2.75) is 6.17 Å². The second-order valence-electron chi connectivity index (χ2n) is 9.95. The van der Waals surface area contributed by atoms with E-state index >= 15 is 4.39 Å². The molecule has 8 rings (SSSR count). The monoisotopic (exact) mass is 519 g/mol. The van der Waals surface area contributed by atoms with E-state index in [0.717, 1.165) is 60.8 Å². The predicted octanol–water partition coefficient (Wildman–Crippen LogP) is 9.20. The van der Waals surface area contributed by atoms with Gasteiger partial charge in [0, 0.05) is 39.8 Å². The van der Waals surface area contributed by atoms with Gasteiger partial charge in [0.25, 0.3) is 0 Å². The second kappa shape index (κ2) is 8.89. The molecule has 4 nitrogen and oxygen atoms in total. The quantitative estimate of drug-likeness (QED) is 0.233. The van der Waals surface area contributed by atoms with Crippen LogP contribution in [0.3, 0.4) is 0 Å². The first kappa shape index (κ1) is 22.7. The predicted molar refractivity (Wildman–Crippen MR) is 158 cm³/mol. The Labute approximate surface area is 229 Å². The van der Waals surface area contributed by atoms with E-state index in [0.29, 0.717) is 11.1 Å². The lowest BCUT2D eigenvalue weighted by atomic mass is 9.99. The molecule has 0 fully saturated rings. The van der Waals surface area contributed by atoms with Gasteiger partial charge in [0.15, 0.2) is 6.17 Å². The summed E-state index contributed by atoms with van der Waals surface area (Å²) in [5.41, 5.74) is 7.12. The van der Waals surface area contributed by atoms with Gasteiger partial charge in [0.2, 0.25) is 0 Å². The van der Waals surface area contributed by atoms with Gasteiger partial charge < -0.3 is 4.42 Å². The molecule has 0 aliphatic carbocycles. The van der Waals surface area contributed by atoms with Crippen LogP contribution in [0.1, 0.15) is 17.3 Å². The number of alkyl halides is 1. The highest BCUT2D eigenvalue weighted by molar-refractivity contribution is 6.22. The molecular formula is C35H22FN3O. The van der Waals surface area contributed by atoms with E-state index in [1.807, 2.05) is 103 Å². The van der Waals surface area contributed by atoms with Gasteiger partial charge in [-0.3, -0.25) is 9.55 Å². The standard InChI is InChI=1S/C35H22FN3O/c36-33(23-10-7-9-22(19-23)29-15-5-6-18-37-29)24-11-8-12-25(20-24)39-30-16-3-1-14-27(30)32-34-28(21-38-35(32)39)26-13-2-4-17-31(26)40-34/h1-21,33H. The Morgan fingerprint density at radius 1 is 0.675 bits per heavy atom. The zero-order valence-corrected chi connectivity index (χ0v) is 21.3. The summed E-state index contributed by atoms with van der Waals surface area (Å²) in [6.45, 7) is 0. The summed E-state index contributed by atoms with van der Waals surface area (Å²) >= 11 is 0. The smallest absolute Gasteiger partial charge is 0.150 e. The molecule has 4 aromatic heterocycles. The van der Waals surface area contributed by atoms with E-state index in [1.54, 1.807) is 6.20 Å². The number of hydrogen-bond donors (Lipinski definition) is 0. The Hall–Kier alpha value is -5.29. The van der Waals surface area contributed by atoms with Gasteiger partial charge in [-0.25, -0.2) is 9.37 Å². The number of hydrogen-bond acceptors (Lipinski definition) is 3. The van der Waals surface area contributed by atoms with Gasteiger partial charge in [-0.05, 0) is 53.6 Å². The minimum Gasteiger partial charge on any atom is -0.455 e. The van der Waals surface area contributed by atoms with Crippen molar-refractivity contribution in [1.82, 2.24) is 14.5 Å². The normalized spacial score (nSPS) is 12.5. The average molecular weight is 520 g/mol. The zero-order chi connectivity index (χ0) is 26.6. The van der Waals surface area contributed by atoms with Crippen molar-refractivity contribution in [2.24, 2.45) is 0 Å². The molecule has 5 heteroatoms. The molecule has 8 aromatic rings. The third-order valence-electron chi connectivity index (χ3n) is 7.59. The van der Waals surface area contributed by atoms with Crippen LogP contribution in [0.4, 0.5) is 4.39 Å². The first-order valence-electron chi connectivity index (χ1n) is 13.2. The third-order valence-corrected chi connectivity index (χ3v) is 7.59. The van der Waals surface area contributed by atoms with E-state index in [4.69, 9.17) is 9.40 Å². The lowest BCUT2D eigenvalue weighted by Crippen LogP contribution is -2.00. The molecule has 0 saturated heterocycles. The summed E-state index contributed by atoms with van der Waals surface area (Å²) in [5.74, 6) is 0. The van der Waals surface area contributed by atoms with E-state index in [1.165, 1.54) is 0 Å². The molecule has 1 atom stereocenters. The largest absolute Gasteiger partial charge is 0.455 e. The van der Waals surface area contributed by atoms with Gasteiger partial charge in [-0.1, -0.05) is 72.8 Å². The number of halogens is 1. The maximum atomic E-state index is 16.1. The molecule has 1 unspecified atom stereocenters. The summed E-state index contributed by atoms with van der Waals surface area (Å²) in [4.78, 5) is 9.35. The maximum Gasteiger partial charge on any atom is 0.150 e. The number of benzene rings is 4. The van der Waals surface area contributed by atoms with Crippen LogP contribution in [0.25, 0.3) is 60.8 Å². The zero-order valence-electron chi connectivity index (χ0n) is 21.3. The van der Waals surface area contributed by atoms with Crippen LogP contribution in [0.15, 0.2) is 132 Å². The fraction of sp³-hybridized carbons (Fsp3) is 0.0286. The molecule has 0 radical (unpaired) electrons. The van der Waals surface area contributed by atoms with Gasteiger partial charge in [0.05, 0.1) is 16.6 Å². The van der Waals surface area contributed by atoms with E-state index < -0.39 is 6.17 Å². The van der Waals surface area contributed by atoms with Crippen molar-refractivity contribution in [2.75, 3.05) is 0 Å². The highest BCUT2D eigenvalue weighted by Gasteiger charge is 2.21. The number of pyridine rings is 2. The van der Waals surface area contributed by atoms with Crippen LogP contribution in [0.2, 0.25) is 0 Å². The molecule has 0 aliphatic rings. The van der Waals surface area contributed by atoms with Crippen LogP contribution in [-0.4, -0.2) is 14.5 Å². The highest BCUT2D eigenvalue weighted by Crippen LogP contribution is 2.39. The molecule has 0 saturated carbocycles. The lowest BCUT2D eigenvalue weighted by molar-refractivity contribution is 0.402. The fourth-order valence-electron chi connectivity index (χ4n) is 5.74. The first-order chi connectivity index (χ1) is 19.8. The SMILES string of the molecule is FC(c1cccc(-c2ccccn2)c1)c1cccc(-n2c3ccccc3c3c4oc5ccccc5c4cnc32)c1. The Kier molecular flexibility index (Phi) is 5.04. The average Bonchev–Trinajstić information content (AvgIpc) is 3.57. The minimum absolute atomic E-state index is 0.575. The topological polar surface area (TPSA) is 43.9 Å². The molecule has 4 aromatic carbocycles. The van der Waals surface area contributed by atoms with Crippen molar-refractivity contribution in [1.29, 1.82) is 0 Å². The summed E-state index contributed by atoms with van der Waals surface area (Å²) in [5, 5.41) is 4.02. The van der Waals surface area contributed by atoms with Crippen molar-refractivity contribution in [3.63, 3.8) is 0 Å². The van der Waals surface area contributed by atoms with Crippen LogP contribution >= 0.6 is 0 Å². The van der Waals surface area contributed by atoms with Gasteiger partial charge in [-0.2, -0.15) is 0 Å². The summed E-state index contributed by atoms with van der Waals surface area (Å²) in [6, 6.07) is 37.1. The van der Waals surface area contributed by atoms with Crippen molar-refractivity contribution < 1.29 is 8.81 Å². The van der Waals surface area contributed by atoms with Gasteiger partial charge in [0.1, 0.15) is 16.8 Å². The minimum atomic E-state index is -1.30. The van der Waals surface area contributed by atoms with Crippen LogP contribution < -0.4 is 0 Å². The van der Waals surface area contributed by atoms with Crippen molar-refractivity contribution in [3.05, 3.63) is 139 Å². The summed E-state index contributed by atoms with van der Waals surface area (Å²) < 4.78 is 24.5. The molecule has 190 valence electrons. The fourth-order valence-corrected chi connectivity index (χ4v) is 5.74. The van der Waals surface area contributed by atoms with Crippen LogP contribution in [0, 0.1) is 0 Å². The number of aromatic nitrogens is 3. The number of furan rings is 1. The Morgan fingerprint density at radius 3 is 2.33 bits per heavy atom. The summed E-state index contributed by atoms with van der Waals surface area (Å²) in [7, 11) is 0. The second-order valence-corrected chi connectivity index (χ2v) is 9.95.